The molecule has 0 radical (unpaired) electrons. The highest BCUT2D eigenvalue weighted by Crippen LogP contribution is 2.33. The average molecular weight is 385 g/mol. The van der Waals surface area contributed by atoms with Gasteiger partial charge in [-0.2, -0.15) is 11.8 Å². The fraction of sp³-hybridized carbons (Fsp3) is 0.417. The van der Waals surface area contributed by atoms with Gasteiger partial charge in [-0.15, -0.1) is 13.2 Å². The maximum Gasteiger partial charge on any atom is 0.573 e. The zero-order valence-electron chi connectivity index (χ0n) is 10.7. The van der Waals surface area contributed by atoms with Crippen molar-refractivity contribution in [2.24, 2.45) is 0 Å². The van der Waals surface area contributed by atoms with Crippen molar-refractivity contribution in [3.05, 3.63) is 22.7 Å². The van der Waals surface area contributed by atoms with Crippen molar-refractivity contribution in [2.75, 3.05) is 23.4 Å². The molecule has 1 aromatic carbocycles. The molecule has 1 fully saturated rings. The van der Waals surface area contributed by atoms with Crippen molar-refractivity contribution < 1.29 is 22.7 Å². The lowest BCUT2D eigenvalue weighted by atomic mass is 10.2. The molecule has 21 heavy (non-hydrogen) atoms. The van der Waals surface area contributed by atoms with E-state index < -0.39 is 18.2 Å². The van der Waals surface area contributed by atoms with E-state index in [0.29, 0.717) is 16.8 Å². The topological polar surface area (TPSA) is 50.4 Å². The summed E-state index contributed by atoms with van der Waals surface area (Å²) in [6.45, 7) is 0.689. The Morgan fingerprint density at radius 2 is 2.24 bits per heavy atom. The summed E-state index contributed by atoms with van der Waals surface area (Å²) < 4.78 is 41.5. The number of halogens is 4. The van der Waals surface area contributed by atoms with E-state index in [1.165, 1.54) is 12.1 Å². The third-order valence-electron chi connectivity index (χ3n) is 2.67. The largest absolute Gasteiger partial charge is 0.573 e. The maximum atomic E-state index is 12.4. The molecule has 116 valence electrons. The lowest BCUT2D eigenvalue weighted by Gasteiger charge is -2.23. The molecule has 2 rings (SSSR count). The van der Waals surface area contributed by atoms with E-state index >= 15 is 0 Å². The van der Waals surface area contributed by atoms with Gasteiger partial charge in [-0.1, -0.05) is 15.9 Å². The summed E-state index contributed by atoms with van der Waals surface area (Å²) in [4.78, 5) is 12.0. The van der Waals surface area contributed by atoms with E-state index in [-0.39, 0.29) is 11.6 Å². The number of carbonyl (C=O) groups excluding carboxylic acids is 1. The third kappa shape index (κ3) is 5.08. The molecule has 1 aliphatic rings. The van der Waals surface area contributed by atoms with Crippen molar-refractivity contribution in [2.45, 2.75) is 12.4 Å². The number of ether oxygens (including phenoxy) is 1. The molecule has 1 unspecified atom stereocenters. The second kappa shape index (κ2) is 6.89. The van der Waals surface area contributed by atoms with Crippen LogP contribution < -0.4 is 15.4 Å². The quantitative estimate of drug-likeness (QED) is 0.840. The van der Waals surface area contributed by atoms with Gasteiger partial charge >= 0.3 is 6.36 Å². The Labute approximate surface area is 131 Å². The molecule has 0 aromatic heterocycles. The Hall–Kier alpha value is -0.930. The highest BCUT2D eigenvalue weighted by molar-refractivity contribution is 9.10. The number of nitrogens with one attached hydrogen (secondary N) is 2. The first-order chi connectivity index (χ1) is 9.85. The molecule has 0 saturated carbocycles. The van der Waals surface area contributed by atoms with E-state index in [0.717, 1.165) is 11.8 Å². The lowest BCUT2D eigenvalue weighted by Crippen LogP contribution is -2.46. The standard InChI is InChI=1S/C12H12BrF3N2O2S/c13-7-1-2-8(10(5-7)20-12(14,15)16)18-11(19)9-6-21-4-3-17-9/h1-2,5,9,17H,3-4,6H2,(H,18,19). The van der Waals surface area contributed by atoms with Crippen LogP contribution in [0.3, 0.4) is 0 Å². The molecule has 4 nitrogen and oxygen atoms in total. The lowest BCUT2D eigenvalue weighted by molar-refractivity contribution is -0.274. The highest BCUT2D eigenvalue weighted by Gasteiger charge is 2.33. The van der Waals surface area contributed by atoms with Crippen LogP contribution in [0.4, 0.5) is 18.9 Å². The minimum absolute atomic E-state index is 0.0158. The third-order valence-corrected chi connectivity index (χ3v) is 4.22. The molecular formula is C12H12BrF3N2O2S. The Kier molecular flexibility index (Phi) is 5.39. The molecule has 1 saturated heterocycles. The number of alkyl halides is 3. The minimum atomic E-state index is -4.82. The summed E-state index contributed by atoms with van der Waals surface area (Å²) in [5.41, 5.74) is -0.0158. The van der Waals surface area contributed by atoms with Crippen molar-refractivity contribution in [3.63, 3.8) is 0 Å². The van der Waals surface area contributed by atoms with E-state index in [9.17, 15) is 18.0 Å². The van der Waals surface area contributed by atoms with Gasteiger partial charge in [0.25, 0.3) is 0 Å². The van der Waals surface area contributed by atoms with Crippen LogP contribution >= 0.6 is 27.7 Å². The van der Waals surface area contributed by atoms with Gasteiger partial charge in [0.2, 0.25) is 5.91 Å². The number of benzene rings is 1. The second-order valence-electron chi connectivity index (χ2n) is 4.26. The smallest absolute Gasteiger partial charge is 0.404 e. The van der Waals surface area contributed by atoms with Crippen molar-refractivity contribution >= 4 is 39.3 Å². The van der Waals surface area contributed by atoms with Crippen molar-refractivity contribution in [1.29, 1.82) is 0 Å². The SMILES string of the molecule is O=C(Nc1ccc(Br)cc1OC(F)(F)F)C1CSCCN1. The molecule has 1 aliphatic heterocycles. The monoisotopic (exact) mass is 384 g/mol. The molecule has 1 amide bonds. The molecule has 9 heteroatoms. The zero-order chi connectivity index (χ0) is 15.5. The summed E-state index contributed by atoms with van der Waals surface area (Å²) in [7, 11) is 0. The minimum Gasteiger partial charge on any atom is -0.404 e. The number of carbonyl (C=O) groups is 1. The van der Waals surface area contributed by atoms with Gasteiger partial charge in [-0.25, -0.2) is 0 Å². The Bertz CT molecular complexity index is 522. The molecule has 1 aromatic rings. The zero-order valence-corrected chi connectivity index (χ0v) is 13.1. The van der Waals surface area contributed by atoms with Crippen LogP contribution in [0.1, 0.15) is 0 Å². The van der Waals surface area contributed by atoms with Crippen molar-refractivity contribution in [3.8, 4) is 5.75 Å². The van der Waals surface area contributed by atoms with Crippen molar-refractivity contribution in [1.82, 2.24) is 5.32 Å². The van der Waals surface area contributed by atoms with Gasteiger partial charge in [-0.05, 0) is 18.2 Å². The van der Waals surface area contributed by atoms with Gasteiger partial charge in [0.15, 0.2) is 5.75 Å². The van der Waals surface area contributed by atoms with E-state index in [1.807, 2.05) is 0 Å². The molecule has 1 atom stereocenters. The summed E-state index contributed by atoms with van der Waals surface area (Å²) in [5, 5.41) is 5.48. The van der Waals surface area contributed by atoms with Crippen LogP contribution in [-0.2, 0) is 4.79 Å². The normalized spacial score (nSPS) is 19.1. The van der Waals surface area contributed by atoms with E-state index in [4.69, 9.17) is 0 Å². The first-order valence-corrected chi connectivity index (χ1v) is 7.97. The van der Waals surface area contributed by atoms with Gasteiger partial charge in [0, 0.05) is 22.5 Å². The number of rotatable bonds is 3. The van der Waals surface area contributed by atoms with Gasteiger partial charge in [-0.3, -0.25) is 4.79 Å². The Morgan fingerprint density at radius 1 is 1.48 bits per heavy atom. The predicted octanol–water partition coefficient (Wildman–Crippen LogP) is 2.99. The van der Waals surface area contributed by atoms with E-state index in [2.05, 4.69) is 31.3 Å². The van der Waals surface area contributed by atoms with Crippen LogP contribution in [0.5, 0.6) is 5.75 Å². The van der Waals surface area contributed by atoms with Crippen LogP contribution in [-0.4, -0.2) is 36.4 Å². The summed E-state index contributed by atoms with van der Waals surface area (Å²) in [6, 6.07) is 3.62. The Morgan fingerprint density at radius 3 is 2.86 bits per heavy atom. The maximum absolute atomic E-state index is 12.4. The summed E-state index contributed by atoms with van der Waals surface area (Å²) in [6.07, 6.45) is -4.82. The number of hydrogen-bond donors (Lipinski definition) is 2. The van der Waals surface area contributed by atoms with Crippen LogP contribution in [0.25, 0.3) is 0 Å². The molecule has 2 N–H and O–H groups in total. The average Bonchev–Trinajstić information content (AvgIpc) is 2.41. The second-order valence-corrected chi connectivity index (χ2v) is 6.32. The predicted molar refractivity (Wildman–Crippen MR) is 78.6 cm³/mol. The first-order valence-electron chi connectivity index (χ1n) is 6.02. The first kappa shape index (κ1) is 16.4. The molecule has 1 heterocycles. The number of hydrogen-bond acceptors (Lipinski definition) is 4. The van der Waals surface area contributed by atoms with Gasteiger partial charge < -0.3 is 15.4 Å². The van der Waals surface area contributed by atoms with Crippen LogP contribution in [0.15, 0.2) is 22.7 Å². The molecule has 0 spiro atoms. The van der Waals surface area contributed by atoms with Crippen LogP contribution in [0.2, 0.25) is 0 Å². The fourth-order valence-corrected chi connectivity index (χ4v) is 3.04. The molecule has 0 aliphatic carbocycles. The number of anilines is 1. The van der Waals surface area contributed by atoms with Gasteiger partial charge in [0.05, 0.1) is 11.7 Å². The summed E-state index contributed by atoms with van der Waals surface area (Å²) >= 11 is 4.69. The fourth-order valence-electron chi connectivity index (χ4n) is 1.76. The van der Waals surface area contributed by atoms with E-state index in [1.54, 1.807) is 11.8 Å². The molecule has 0 bridgehead atoms. The Balaban J connectivity index is 2.13. The molecular weight excluding hydrogens is 373 g/mol. The number of thioether (sulfide) groups is 1. The van der Waals surface area contributed by atoms with Gasteiger partial charge in [0.1, 0.15) is 0 Å². The summed E-state index contributed by atoms with van der Waals surface area (Å²) in [5.74, 6) is 0.660. The van der Waals surface area contributed by atoms with Crippen LogP contribution in [0, 0.1) is 0 Å². The number of amides is 1. The highest BCUT2D eigenvalue weighted by atomic mass is 79.9.